The molecule has 11 heteroatoms. The molecule has 2 radical (unpaired) electrons. The Morgan fingerprint density at radius 3 is 1.63 bits per heavy atom. The monoisotopic (exact) mass is 564 g/mol. The van der Waals surface area contributed by atoms with E-state index in [9.17, 15) is 4.79 Å². The molecule has 0 bridgehead atoms. The van der Waals surface area contributed by atoms with Gasteiger partial charge in [0, 0.05) is 76.8 Å². The Morgan fingerprint density at radius 2 is 1.30 bits per heavy atom. The number of rotatable bonds is 5. The summed E-state index contributed by atoms with van der Waals surface area (Å²) >= 11 is 0. The van der Waals surface area contributed by atoms with Crippen molar-refractivity contribution < 1.29 is 90.3 Å². The first-order chi connectivity index (χ1) is 12.8. The van der Waals surface area contributed by atoms with Gasteiger partial charge in [-0.05, 0) is 53.9 Å². The molecular formula is C16H22N2O5P2Y2. The number of carbonyl (C=O) groups is 2. The summed E-state index contributed by atoms with van der Waals surface area (Å²) in [6.45, 7) is 0.579. The van der Waals surface area contributed by atoms with Gasteiger partial charge in [0.1, 0.15) is 0 Å². The average molecular weight is 564 g/mol. The van der Waals surface area contributed by atoms with Crippen LogP contribution in [-0.2, 0) is 78.6 Å². The number of aliphatic hydroxyl groups excluding tert-OH is 2. The van der Waals surface area contributed by atoms with E-state index in [1.807, 2.05) is 21.4 Å². The van der Waals surface area contributed by atoms with Crippen molar-refractivity contribution in [3.05, 3.63) is 59.7 Å². The Kier molecular flexibility index (Phi) is 19.6. The van der Waals surface area contributed by atoms with Crippen molar-refractivity contribution in [2.75, 3.05) is 11.1 Å². The number of hydrogen-bond acceptors (Lipinski definition) is 5. The van der Waals surface area contributed by atoms with Gasteiger partial charge in [-0.15, -0.1) is 0 Å². The molecule has 0 spiro atoms. The number of anilines is 2. The number of carbonyl (C=O) groups excluding carboxylic acids is 1. The molecule has 6 N–H and O–H groups in total. The predicted octanol–water partition coefficient (Wildman–Crippen LogP) is 2.88. The molecule has 0 saturated heterocycles. The van der Waals surface area contributed by atoms with E-state index in [0.717, 1.165) is 22.5 Å². The molecule has 0 saturated carbocycles. The van der Waals surface area contributed by atoms with Gasteiger partial charge in [0.05, 0.1) is 13.2 Å². The fourth-order valence-electron chi connectivity index (χ4n) is 1.44. The van der Waals surface area contributed by atoms with Crippen LogP contribution in [0.5, 0.6) is 0 Å². The van der Waals surface area contributed by atoms with Crippen molar-refractivity contribution in [1.82, 2.24) is 0 Å². The fraction of sp³-hybridized carbons (Fsp3) is 0.125. The van der Waals surface area contributed by atoms with Crippen LogP contribution in [-0.4, -0.2) is 29.5 Å². The number of benzene rings is 2. The molecule has 142 valence electrons. The van der Waals surface area contributed by atoms with Crippen molar-refractivity contribution >= 4 is 41.2 Å². The van der Waals surface area contributed by atoms with Crippen LogP contribution in [0.2, 0.25) is 0 Å². The van der Waals surface area contributed by atoms with E-state index in [4.69, 9.17) is 18.5 Å². The number of nitrogens with two attached hydrogens (primary N) is 1. The zero-order valence-corrected chi connectivity index (χ0v) is 22.5. The van der Waals surface area contributed by atoms with Crippen LogP contribution >= 0.6 is 18.5 Å². The van der Waals surface area contributed by atoms with Gasteiger partial charge < -0.3 is 26.4 Å². The van der Waals surface area contributed by atoms with Gasteiger partial charge in [0.2, 0.25) is 8.51 Å². The standard InChI is InChI=1S/C8H10NO2P.C7H9NO.CH3O2P.2Y/c10-5-6-1-3-7(4-2-6)9-8(11)12;8-7-3-1-6(5-9)2-4-7;2-1(3)4;;/h1-4,10H,5,12H2,(H,9,11);1-4,9H,5,8H2;4H2,(H,2,3);;/i10D;9D;;;. The molecule has 0 aromatic heterocycles. The van der Waals surface area contributed by atoms with E-state index >= 15 is 0 Å². The van der Waals surface area contributed by atoms with Gasteiger partial charge in [-0.1, -0.05) is 24.3 Å². The molecule has 7 nitrogen and oxygen atoms in total. The molecule has 27 heavy (non-hydrogen) atoms. The molecule has 0 heterocycles. The summed E-state index contributed by atoms with van der Waals surface area (Å²) in [4.78, 5) is 19.6. The van der Waals surface area contributed by atoms with Gasteiger partial charge in [0.15, 0.2) is 0 Å². The topological polar surface area (TPSA) is 133 Å². The molecule has 0 aliphatic carbocycles. The van der Waals surface area contributed by atoms with Gasteiger partial charge in [-0.3, -0.25) is 4.79 Å². The Hall–Kier alpha value is 0.168. The van der Waals surface area contributed by atoms with E-state index in [1.165, 1.54) is 0 Å². The van der Waals surface area contributed by atoms with Gasteiger partial charge in [-0.2, -0.15) is 0 Å². The third kappa shape index (κ3) is 19.3. The predicted molar refractivity (Wildman–Crippen MR) is 106 cm³/mol. The Morgan fingerprint density at radius 1 is 0.926 bits per heavy atom. The summed E-state index contributed by atoms with van der Waals surface area (Å²) < 4.78 is 13.0. The minimum Gasteiger partial charge on any atom is -0.479 e. The molecule has 1 amide bonds. The molecule has 2 atom stereocenters. The largest absolute Gasteiger partial charge is 0.479 e. The summed E-state index contributed by atoms with van der Waals surface area (Å²) in [5.41, 5.74) is 7.66. The maximum atomic E-state index is 10.6. The van der Waals surface area contributed by atoms with Crippen LogP contribution in [0.4, 0.5) is 21.0 Å². The molecule has 2 aromatic carbocycles. The first-order valence-corrected chi connectivity index (χ1v) is 8.08. The molecule has 2 unspecified atom stereocenters. The van der Waals surface area contributed by atoms with Crippen LogP contribution in [0.25, 0.3) is 0 Å². The van der Waals surface area contributed by atoms with Crippen LogP contribution in [0, 0.1) is 0 Å². The van der Waals surface area contributed by atoms with E-state index in [1.54, 1.807) is 45.6 Å². The molecule has 2 aromatic rings. The summed E-state index contributed by atoms with van der Waals surface area (Å²) in [6.07, 6.45) is 0. The fourth-order valence-corrected chi connectivity index (χ4v) is 1.61. The maximum Gasteiger partial charge on any atom is 0.317 e. The quantitative estimate of drug-likeness (QED) is 0.281. The summed E-state index contributed by atoms with van der Waals surface area (Å²) in [6, 6.07) is 14.4. The van der Waals surface area contributed by atoms with Crippen LogP contribution < -0.4 is 11.1 Å². The molecule has 2 rings (SSSR count). The van der Waals surface area contributed by atoms with Crippen LogP contribution in [0.3, 0.4) is 0 Å². The van der Waals surface area contributed by atoms with E-state index < -0.39 is 5.71 Å². The minimum atomic E-state index is -0.917. The Balaban J connectivity index is -0.000000379. The third-order valence-corrected chi connectivity index (χ3v) is 2.68. The first kappa shape index (κ1) is 27.2. The van der Waals surface area contributed by atoms with Crippen molar-refractivity contribution in [2.45, 2.75) is 13.2 Å². The van der Waals surface area contributed by atoms with Crippen molar-refractivity contribution in [3.8, 4) is 0 Å². The summed E-state index contributed by atoms with van der Waals surface area (Å²) in [7, 11) is 3.61. The van der Waals surface area contributed by atoms with E-state index in [2.05, 4.69) is 15.5 Å². The van der Waals surface area contributed by atoms with Gasteiger partial charge in [0.25, 0.3) is 0 Å². The third-order valence-electron chi connectivity index (χ3n) is 2.53. The average Bonchev–Trinajstić information content (AvgIpc) is 2.59. The first-order valence-electron chi connectivity index (χ1n) is 7.74. The van der Waals surface area contributed by atoms with Gasteiger partial charge in [-0.25, -0.2) is 4.79 Å². The number of carboxylic acid groups (broad SMARTS) is 1. The second kappa shape index (κ2) is 19.5. The Bertz CT molecular complexity index is 695. The number of aliphatic hydroxyl groups is 2. The Labute approximate surface area is 216 Å². The van der Waals surface area contributed by atoms with E-state index in [-0.39, 0.29) is 77.7 Å². The second-order valence-electron chi connectivity index (χ2n) is 4.55. The molecule has 0 aliphatic rings. The zero-order valence-electron chi connectivity index (χ0n) is 16.5. The molecule has 0 aliphatic heterocycles. The normalized spacial score (nSPS) is 9.26. The smallest absolute Gasteiger partial charge is 0.317 e. The van der Waals surface area contributed by atoms with Crippen LogP contribution in [0.1, 0.15) is 11.1 Å². The summed E-state index contributed by atoms with van der Waals surface area (Å²) in [5, 5.41) is 18.4. The van der Waals surface area contributed by atoms with Crippen LogP contribution in [0.15, 0.2) is 48.5 Å². The van der Waals surface area contributed by atoms with E-state index in [0.29, 0.717) is 6.61 Å². The number of amides is 1. The number of nitrogen functional groups attached to an aromatic ring is 1. The number of hydrogen-bond donors (Lipinski definition) is 5. The molecule has 0 fully saturated rings. The molecular weight excluding hydrogens is 540 g/mol. The summed E-state index contributed by atoms with van der Waals surface area (Å²) in [5.74, 6) is 0. The second-order valence-corrected chi connectivity index (χ2v) is 5.57. The van der Waals surface area contributed by atoms with Crippen molar-refractivity contribution in [2.24, 2.45) is 0 Å². The SMILES string of the molecule is O=C(O)P.[2H]OCc1ccc(N)cc1.[2H]OCc1ccc(NC(=O)P)cc1.[Y].[Y]. The maximum absolute atomic E-state index is 10.6. The van der Waals surface area contributed by atoms with Crippen molar-refractivity contribution in [1.29, 1.82) is 2.86 Å². The number of nitrogens with one attached hydrogen (secondary N) is 1. The van der Waals surface area contributed by atoms with Gasteiger partial charge >= 0.3 is 5.71 Å². The minimum absolute atomic E-state index is 0. The van der Waals surface area contributed by atoms with Crippen molar-refractivity contribution in [3.63, 3.8) is 0 Å². The zero-order chi connectivity index (χ0) is 20.7.